The number of allylic oxidation sites excluding steroid dienone is 1. The van der Waals surface area contributed by atoms with Gasteiger partial charge in [-0.1, -0.05) is 380 Å². The van der Waals surface area contributed by atoms with Crippen molar-refractivity contribution in [3.05, 3.63) is 12.2 Å². The van der Waals surface area contributed by atoms with Crippen molar-refractivity contribution in [2.45, 2.75) is 449 Å². The van der Waals surface area contributed by atoms with E-state index in [1.54, 1.807) is 6.08 Å². The highest BCUT2D eigenvalue weighted by molar-refractivity contribution is 5.80. The highest BCUT2D eigenvalue weighted by Crippen LogP contribution is 2.27. The maximum atomic E-state index is 13.5. The summed E-state index contributed by atoms with van der Waals surface area (Å²) in [4.78, 5) is 26.7. The number of ether oxygens (including phenoxy) is 3. The van der Waals surface area contributed by atoms with Gasteiger partial charge < -0.3 is 45.1 Å². The number of esters is 1. The normalized spacial score (nSPS) is 18.2. The van der Waals surface area contributed by atoms with Crippen LogP contribution < -0.4 is 5.32 Å². The highest BCUT2D eigenvalue weighted by atomic mass is 16.7. The van der Waals surface area contributed by atoms with Gasteiger partial charge >= 0.3 is 5.97 Å². The lowest BCUT2D eigenvalue weighted by Crippen LogP contribution is -2.61. The summed E-state index contributed by atoms with van der Waals surface area (Å²) in [5.74, 6) is -1.17. The molecule has 516 valence electrons. The molecule has 0 aromatic rings. The van der Waals surface area contributed by atoms with Crippen LogP contribution in [0.3, 0.4) is 0 Å². The van der Waals surface area contributed by atoms with Crippen molar-refractivity contribution in [2.24, 2.45) is 0 Å². The zero-order valence-electron chi connectivity index (χ0n) is 57.7. The minimum absolute atomic E-state index is 0.132. The monoisotopic (exact) mass is 1230 g/mol. The van der Waals surface area contributed by atoms with Crippen LogP contribution in [0.5, 0.6) is 0 Å². The van der Waals surface area contributed by atoms with Crippen LogP contribution in [-0.2, 0) is 23.8 Å². The third-order valence-corrected chi connectivity index (χ3v) is 18.7. The van der Waals surface area contributed by atoms with E-state index in [4.69, 9.17) is 14.2 Å². The minimum atomic E-state index is -1.61. The van der Waals surface area contributed by atoms with E-state index in [1.807, 2.05) is 6.08 Å². The molecule has 1 aliphatic rings. The number of unbranched alkanes of at least 4 members (excludes halogenated alkanes) is 54. The van der Waals surface area contributed by atoms with Gasteiger partial charge in [-0.2, -0.15) is 0 Å². The summed E-state index contributed by atoms with van der Waals surface area (Å²) in [6.07, 6.45) is 67.0. The molecule has 11 heteroatoms. The van der Waals surface area contributed by atoms with Crippen molar-refractivity contribution < 1.29 is 49.3 Å². The first-order valence-corrected chi connectivity index (χ1v) is 38.5. The number of hydrogen-bond donors (Lipinski definition) is 6. The molecule has 1 aliphatic heterocycles. The Balaban J connectivity index is 2.52. The lowest BCUT2D eigenvalue weighted by Gasteiger charge is -2.41. The molecule has 0 spiro atoms. The summed E-state index contributed by atoms with van der Waals surface area (Å²) in [7, 11) is 0. The van der Waals surface area contributed by atoms with Gasteiger partial charge in [0, 0.05) is 6.42 Å². The molecule has 1 saturated heterocycles. The molecule has 87 heavy (non-hydrogen) atoms. The molecule has 6 N–H and O–H groups in total. The van der Waals surface area contributed by atoms with Gasteiger partial charge in [0.1, 0.15) is 24.4 Å². The van der Waals surface area contributed by atoms with E-state index in [0.29, 0.717) is 19.3 Å². The van der Waals surface area contributed by atoms with Crippen molar-refractivity contribution in [1.82, 2.24) is 5.32 Å². The van der Waals surface area contributed by atoms with E-state index in [0.717, 1.165) is 57.8 Å². The Kier molecular flexibility index (Phi) is 61.8. The number of nitrogens with one attached hydrogen (secondary N) is 1. The first-order chi connectivity index (χ1) is 42.7. The van der Waals surface area contributed by atoms with Gasteiger partial charge in [-0.25, -0.2) is 0 Å². The fourth-order valence-electron chi connectivity index (χ4n) is 12.7. The summed E-state index contributed by atoms with van der Waals surface area (Å²) in [6.45, 7) is 5.88. The molecule has 0 radical (unpaired) electrons. The SMILES string of the molecule is CCCCCCCCCCCCC/C=C/C(O)C(COC1OC(CO)C(O)C(O)C1OC(=O)CCCCCCCCCCCCCCCCCCCCC)NC(=O)C(O)CCCCCCCCCCCCCCCCCCCCCCCCCCCC. The van der Waals surface area contributed by atoms with E-state index < -0.39 is 67.4 Å². The van der Waals surface area contributed by atoms with Gasteiger partial charge in [0.25, 0.3) is 0 Å². The minimum Gasteiger partial charge on any atom is -0.454 e. The number of rotatable bonds is 68. The predicted molar refractivity (Wildman–Crippen MR) is 366 cm³/mol. The fourth-order valence-corrected chi connectivity index (χ4v) is 12.7. The second-order valence-corrected chi connectivity index (χ2v) is 27.1. The standard InChI is InChI=1S/C76H147NO10/c1-4-7-10-13-16-19-22-25-27-29-31-32-33-34-35-36-37-39-40-42-45-48-51-54-57-60-63-69(80)75(84)77-67(68(79)62-59-56-53-50-47-44-24-21-18-15-12-9-6-3)66-85-76-74(73(83)72(82)70(65-78)86-76)87-71(81)64-61-58-55-52-49-46-43-41-38-30-28-26-23-20-17-14-11-8-5-2/h59,62,67-70,72-74,76,78-80,82-83H,4-58,60-61,63-66H2,1-3H3,(H,77,84)/b62-59+. The maximum absolute atomic E-state index is 13.5. The first-order valence-electron chi connectivity index (χ1n) is 38.5. The fraction of sp³-hybridized carbons (Fsp3) is 0.947. The molecule has 0 aromatic carbocycles. The summed E-state index contributed by atoms with van der Waals surface area (Å²) in [5, 5.41) is 57.4. The van der Waals surface area contributed by atoms with E-state index in [1.165, 1.54) is 295 Å². The molecule has 0 bridgehead atoms. The van der Waals surface area contributed by atoms with Crippen LogP contribution in [0.15, 0.2) is 12.2 Å². The molecule has 1 rings (SSSR count). The average molecular weight is 1240 g/mol. The van der Waals surface area contributed by atoms with Crippen molar-refractivity contribution in [1.29, 1.82) is 0 Å². The van der Waals surface area contributed by atoms with Gasteiger partial charge in [-0.05, 0) is 25.7 Å². The summed E-state index contributed by atoms with van der Waals surface area (Å²) < 4.78 is 17.7. The highest BCUT2D eigenvalue weighted by Gasteiger charge is 2.47. The van der Waals surface area contributed by atoms with Crippen LogP contribution in [0.25, 0.3) is 0 Å². The Bertz CT molecular complexity index is 1470. The van der Waals surface area contributed by atoms with Crippen molar-refractivity contribution in [3.63, 3.8) is 0 Å². The Morgan fingerprint density at radius 1 is 0.437 bits per heavy atom. The third-order valence-electron chi connectivity index (χ3n) is 18.7. The number of carbonyl (C=O) groups excluding carboxylic acids is 2. The van der Waals surface area contributed by atoms with Crippen molar-refractivity contribution in [3.8, 4) is 0 Å². The quantitative estimate of drug-likeness (QED) is 0.0195. The zero-order valence-corrected chi connectivity index (χ0v) is 57.7. The lowest BCUT2D eigenvalue weighted by molar-refractivity contribution is -0.305. The molecule has 11 nitrogen and oxygen atoms in total. The van der Waals surface area contributed by atoms with Crippen molar-refractivity contribution in [2.75, 3.05) is 13.2 Å². The largest absolute Gasteiger partial charge is 0.454 e. The van der Waals surface area contributed by atoms with E-state index in [2.05, 4.69) is 26.1 Å². The molecule has 0 aromatic heterocycles. The van der Waals surface area contributed by atoms with Crippen LogP contribution in [0, 0.1) is 0 Å². The second-order valence-electron chi connectivity index (χ2n) is 27.1. The number of carbonyl (C=O) groups is 2. The smallest absolute Gasteiger partial charge is 0.306 e. The Labute approximate surface area is 538 Å². The molecule has 8 unspecified atom stereocenters. The average Bonchev–Trinajstić information content (AvgIpc) is 2.36. The molecular formula is C76H147NO10. The van der Waals surface area contributed by atoms with Gasteiger partial charge in [-0.15, -0.1) is 0 Å². The van der Waals surface area contributed by atoms with Crippen LogP contribution >= 0.6 is 0 Å². The Morgan fingerprint density at radius 2 is 0.747 bits per heavy atom. The molecular weight excluding hydrogens is 1090 g/mol. The summed E-state index contributed by atoms with van der Waals surface area (Å²) >= 11 is 0. The van der Waals surface area contributed by atoms with Gasteiger partial charge in [0.05, 0.1) is 25.4 Å². The number of aliphatic hydroxyl groups excluding tert-OH is 5. The molecule has 1 heterocycles. The van der Waals surface area contributed by atoms with Crippen LogP contribution in [0.4, 0.5) is 0 Å². The van der Waals surface area contributed by atoms with Crippen LogP contribution in [0.1, 0.15) is 400 Å². The van der Waals surface area contributed by atoms with Crippen molar-refractivity contribution >= 4 is 11.9 Å². The molecule has 8 atom stereocenters. The predicted octanol–water partition coefficient (Wildman–Crippen LogP) is 20.2. The number of amides is 1. The van der Waals surface area contributed by atoms with E-state index >= 15 is 0 Å². The van der Waals surface area contributed by atoms with Crippen LogP contribution in [0.2, 0.25) is 0 Å². The van der Waals surface area contributed by atoms with Gasteiger partial charge in [0.15, 0.2) is 12.4 Å². The first kappa shape index (κ1) is 83.4. The topological polar surface area (TPSA) is 175 Å². The van der Waals surface area contributed by atoms with Gasteiger partial charge in [-0.3, -0.25) is 9.59 Å². The third kappa shape index (κ3) is 51.6. The van der Waals surface area contributed by atoms with E-state index in [9.17, 15) is 35.1 Å². The summed E-state index contributed by atoms with van der Waals surface area (Å²) in [6, 6.07) is -1.02. The maximum Gasteiger partial charge on any atom is 0.306 e. The van der Waals surface area contributed by atoms with Gasteiger partial charge in [0.2, 0.25) is 5.91 Å². The van der Waals surface area contributed by atoms with Crippen LogP contribution in [-0.4, -0.2) is 99.6 Å². The Morgan fingerprint density at radius 3 is 1.08 bits per heavy atom. The summed E-state index contributed by atoms with van der Waals surface area (Å²) in [5.41, 5.74) is 0. The molecule has 1 fully saturated rings. The molecule has 1 amide bonds. The number of aliphatic hydroxyl groups is 5. The number of hydrogen-bond acceptors (Lipinski definition) is 10. The second kappa shape index (κ2) is 64.5. The lowest BCUT2D eigenvalue weighted by atomic mass is 9.99. The molecule has 0 saturated carbocycles. The molecule has 0 aliphatic carbocycles. The zero-order chi connectivity index (χ0) is 63.1. The Hall–Kier alpha value is -1.60. The van der Waals surface area contributed by atoms with E-state index in [-0.39, 0.29) is 13.0 Å².